The van der Waals surface area contributed by atoms with E-state index in [0.29, 0.717) is 28.3 Å². The first kappa shape index (κ1) is 20.2. The molecule has 0 aliphatic carbocycles. The maximum Gasteiger partial charge on any atom is 0.277 e. The van der Waals surface area contributed by atoms with Crippen LogP contribution in [-0.4, -0.2) is 21.9 Å². The molecule has 1 amide bonds. The average Bonchev–Trinajstić information content (AvgIpc) is 3.38. The van der Waals surface area contributed by atoms with Crippen molar-refractivity contribution in [1.29, 1.82) is 0 Å². The molecule has 0 unspecified atom stereocenters. The van der Waals surface area contributed by atoms with Crippen molar-refractivity contribution in [2.75, 3.05) is 11.1 Å². The van der Waals surface area contributed by atoms with Crippen molar-refractivity contribution in [2.45, 2.75) is 12.1 Å². The number of aromatic nitrogens is 2. The van der Waals surface area contributed by atoms with E-state index >= 15 is 0 Å². The zero-order chi connectivity index (χ0) is 20.9. The summed E-state index contributed by atoms with van der Waals surface area (Å²) in [5.41, 5.74) is 1.41. The molecule has 7 nitrogen and oxygen atoms in total. The van der Waals surface area contributed by atoms with Crippen LogP contribution in [0.25, 0.3) is 11.5 Å². The summed E-state index contributed by atoms with van der Waals surface area (Å²) in [6.07, 6.45) is 1.56. The molecule has 4 aromatic rings. The molecule has 0 radical (unpaired) electrons. The van der Waals surface area contributed by atoms with Crippen LogP contribution in [-0.2, 0) is 4.79 Å². The molecule has 0 fully saturated rings. The fourth-order valence-electron chi connectivity index (χ4n) is 2.55. The summed E-state index contributed by atoms with van der Waals surface area (Å²) in [5, 5.41) is 11.1. The molecule has 0 aliphatic rings. The number of halogens is 1. The minimum Gasteiger partial charge on any atom is -0.469 e. The molecule has 0 spiro atoms. The van der Waals surface area contributed by atoms with Gasteiger partial charge in [-0.3, -0.25) is 4.79 Å². The van der Waals surface area contributed by atoms with Crippen molar-refractivity contribution in [3.8, 4) is 23.0 Å². The highest BCUT2D eigenvalue weighted by Gasteiger charge is 2.14. The summed E-state index contributed by atoms with van der Waals surface area (Å²) in [5.74, 6) is 2.43. The van der Waals surface area contributed by atoms with Crippen LogP contribution < -0.4 is 10.1 Å². The fourth-order valence-corrected chi connectivity index (χ4v) is 3.38. The first-order valence-electron chi connectivity index (χ1n) is 8.91. The second kappa shape index (κ2) is 9.19. The van der Waals surface area contributed by atoms with Gasteiger partial charge in [-0.15, -0.1) is 10.2 Å². The zero-order valence-corrected chi connectivity index (χ0v) is 18.2. The van der Waals surface area contributed by atoms with Gasteiger partial charge in [0.15, 0.2) is 0 Å². The van der Waals surface area contributed by atoms with E-state index in [0.717, 1.165) is 15.8 Å². The number of amides is 1. The third kappa shape index (κ3) is 5.11. The molecule has 152 valence electrons. The highest BCUT2D eigenvalue weighted by Crippen LogP contribution is 2.27. The van der Waals surface area contributed by atoms with E-state index < -0.39 is 0 Å². The first-order chi connectivity index (χ1) is 14.6. The van der Waals surface area contributed by atoms with Gasteiger partial charge >= 0.3 is 0 Å². The molecule has 0 atom stereocenters. The van der Waals surface area contributed by atoms with E-state index in [1.54, 1.807) is 36.6 Å². The van der Waals surface area contributed by atoms with Gasteiger partial charge in [0.25, 0.3) is 11.1 Å². The fraction of sp³-hybridized carbons (Fsp3) is 0.0952. The van der Waals surface area contributed by atoms with E-state index in [1.165, 1.54) is 11.8 Å². The van der Waals surface area contributed by atoms with Crippen LogP contribution in [0.1, 0.15) is 5.76 Å². The Morgan fingerprint density at radius 1 is 1.07 bits per heavy atom. The lowest BCUT2D eigenvalue weighted by Crippen LogP contribution is -2.13. The molecule has 2 heterocycles. The smallest absolute Gasteiger partial charge is 0.277 e. The van der Waals surface area contributed by atoms with E-state index in [-0.39, 0.29) is 11.7 Å². The number of aryl methyl sites for hydroxylation is 1. The number of ether oxygens (including phenoxy) is 1. The van der Waals surface area contributed by atoms with Gasteiger partial charge in [-0.25, -0.2) is 0 Å². The topological polar surface area (TPSA) is 90.4 Å². The number of hydrogen-bond donors (Lipinski definition) is 1. The van der Waals surface area contributed by atoms with Gasteiger partial charge < -0.3 is 18.9 Å². The number of thioether (sulfide) groups is 1. The Kier molecular flexibility index (Phi) is 6.20. The minimum atomic E-state index is -0.180. The number of anilines is 1. The number of nitrogens with zero attached hydrogens (tertiary/aromatic N) is 2. The lowest BCUT2D eigenvalue weighted by atomic mass is 10.3. The summed E-state index contributed by atoms with van der Waals surface area (Å²) < 4.78 is 17.6. The van der Waals surface area contributed by atoms with Crippen molar-refractivity contribution in [3.05, 3.63) is 71.1 Å². The third-order valence-corrected chi connectivity index (χ3v) is 5.36. The van der Waals surface area contributed by atoms with Crippen molar-refractivity contribution in [3.63, 3.8) is 0 Å². The Hall–Kier alpha value is -3.04. The lowest BCUT2D eigenvalue weighted by molar-refractivity contribution is -0.113. The lowest BCUT2D eigenvalue weighted by Gasteiger charge is -2.08. The number of carbonyl (C=O) groups excluding carboxylic acids is 1. The van der Waals surface area contributed by atoms with Crippen LogP contribution in [0.5, 0.6) is 11.5 Å². The summed E-state index contributed by atoms with van der Waals surface area (Å²) in [6.45, 7) is 1.81. The summed E-state index contributed by atoms with van der Waals surface area (Å²) in [7, 11) is 0. The summed E-state index contributed by atoms with van der Waals surface area (Å²) in [6, 6.07) is 16.5. The normalized spacial score (nSPS) is 10.7. The summed E-state index contributed by atoms with van der Waals surface area (Å²) >= 11 is 4.56. The maximum atomic E-state index is 12.2. The third-order valence-electron chi connectivity index (χ3n) is 4.01. The Bertz CT molecular complexity index is 1140. The maximum absolute atomic E-state index is 12.2. The van der Waals surface area contributed by atoms with Gasteiger partial charge in [0.1, 0.15) is 17.3 Å². The highest BCUT2D eigenvalue weighted by molar-refractivity contribution is 9.10. The monoisotopic (exact) mass is 485 g/mol. The molecule has 30 heavy (non-hydrogen) atoms. The Balaban J connectivity index is 1.28. The molecular weight excluding hydrogens is 470 g/mol. The number of rotatable bonds is 7. The molecule has 2 aromatic carbocycles. The zero-order valence-electron chi connectivity index (χ0n) is 15.8. The van der Waals surface area contributed by atoms with Crippen LogP contribution in [0.4, 0.5) is 5.69 Å². The standard InChI is InChI=1S/C21H16BrN3O4S/c1-13-18(10-11-27-13)20-24-25-21(29-20)30-12-19(26)23-15-4-8-17(9-5-15)28-16-6-2-14(22)3-7-16/h2-11H,12H2,1H3,(H,23,26). The Morgan fingerprint density at radius 3 is 2.43 bits per heavy atom. The van der Waals surface area contributed by atoms with E-state index in [1.807, 2.05) is 31.2 Å². The van der Waals surface area contributed by atoms with Crippen LogP contribution in [0.15, 0.2) is 79.4 Å². The van der Waals surface area contributed by atoms with E-state index in [2.05, 4.69) is 31.4 Å². The number of nitrogens with one attached hydrogen (secondary N) is 1. The molecule has 1 N–H and O–H groups in total. The van der Waals surface area contributed by atoms with Gasteiger partial charge in [0, 0.05) is 10.2 Å². The van der Waals surface area contributed by atoms with Gasteiger partial charge in [0.05, 0.1) is 17.6 Å². The van der Waals surface area contributed by atoms with E-state index in [4.69, 9.17) is 13.6 Å². The predicted molar refractivity (Wildman–Crippen MR) is 117 cm³/mol. The molecule has 0 saturated carbocycles. The molecule has 4 rings (SSSR count). The van der Waals surface area contributed by atoms with Gasteiger partial charge in [-0.05, 0) is 61.5 Å². The Morgan fingerprint density at radius 2 is 1.77 bits per heavy atom. The molecule has 2 aromatic heterocycles. The van der Waals surface area contributed by atoms with Crippen molar-refractivity contribution in [2.24, 2.45) is 0 Å². The van der Waals surface area contributed by atoms with Crippen LogP contribution >= 0.6 is 27.7 Å². The van der Waals surface area contributed by atoms with Crippen LogP contribution in [0.3, 0.4) is 0 Å². The Labute approximate surface area is 185 Å². The highest BCUT2D eigenvalue weighted by atomic mass is 79.9. The first-order valence-corrected chi connectivity index (χ1v) is 10.7. The largest absolute Gasteiger partial charge is 0.469 e. The van der Waals surface area contributed by atoms with Crippen LogP contribution in [0, 0.1) is 6.92 Å². The second-order valence-electron chi connectivity index (χ2n) is 6.18. The average molecular weight is 486 g/mol. The number of benzene rings is 2. The second-order valence-corrected chi connectivity index (χ2v) is 8.02. The quantitative estimate of drug-likeness (QED) is 0.324. The molecule has 9 heteroatoms. The summed E-state index contributed by atoms with van der Waals surface area (Å²) in [4.78, 5) is 12.2. The predicted octanol–water partition coefficient (Wildman–Crippen LogP) is 5.92. The number of hydrogen-bond acceptors (Lipinski definition) is 7. The molecule has 0 aliphatic heterocycles. The molecule has 0 bridgehead atoms. The van der Waals surface area contributed by atoms with Gasteiger partial charge in [-0.2, -0.15) is 0 Å². The molecule has 0 saturated heterocycles. The number of furan rings is 1. The van der Waals surface area contributed by atoms with Gasteiger partial charge in [0.2, 0.25) is 5.91 Å². The number of carbonyl (C=O) groups is 1. The molecular formula is C21H16BrN3O4S. The van der Waals surface area contributed by atoms with Crippen molar-refractivity contribution < 1.29 is 18.4 Å². The van der Waals surface area contributed by atoms with E-state index in [9.17, 15) is 4.79 Å². The van der Waals surface area contributed by atoms with Crippen LogP contribution in [0.2, 0.25) is 0 Å². The SMILES string of the molecule is Cc1occc1-c1nnc(SCC(=O)Nc2ccc(Oc3ccc(Br)cc3)cc2)o1. The van der Waals surface area contributed by atoms with Crippen molar-refractivity contribution in [1.82, 2.24) is 10.2 Å². The van der Waals surface area contributed by atoms with Crippen molar-refractivity contribution >= 4 is 39.3 Å². The van der Waals surface area contributed by atoms with Gasteiger partial charge in [-0.1, -0.05) is 27.7 Å². The minimum absolute atomic E-state index is 0.142.